The number of nitrogens with one attached hydrogen (secondary N) is 1. The predicted molar refractivity (Wildman–Crippen MR) is 90.7 cm³/mol. The molecule has 0 unspecified atom stereocenters. The number of anilines is 1. The Morgan fingerprint density at radius 3 is 2.56 bits per heavy atom. The van der Waals surface area contributed by atoms with Gasteiger partial charge >= 0.3 is 12.1 Å². The lowest BCUT2D eigenvalue weighted by Gasteiger charge is -2.12. The molecule has 11 heteroatoms. The van der Waals surface area contributed by atoms with Gasteiger partial charge in [0.15, 0.2) is 0 Å². The molecule has 2 heterocycles. The Bertz CT molecular complexity index is 852. The summed E-state index contributed by atoms with van der Waals surface area (Å²) in [4.78, 5) is 15.0. The van der Waals surface area contributed by atoms with Crippen LogP contribution in [0.25, 0.3) is 0 Å². The fourth-order valence-corrected chi connectivity index (χ4v) is 2.65. The molecule has 0 atom stereocenters. The molecule has 3 N–H and O–H groups in total. The van der Waals surface area contributed by atoms with Gasteiger partial charge in [-0.15, -0.1) is 0 Å². The number of carbonyl (C=O) groups is 1. The summed E-state index contributed by atoms with van der Waals surface area (Å²) >= 11 is 5.55. The van der Waals surface area contributed by atoms with Crippen molar-refractivity contribution in [2.75, 3.05) is 12.0 Å². The number of halogens is 4. The van der Waals surface area contributed by atoms with Gasteiger partial charge in [-0.25, -0.2) is 4.98 Å². The fourth-order valence-electron chi connectivity index (χ4n) is 2.39. The van der Waals surface area contributed by atoms with Gasteiger partial charge in [-0.3, -0.25) is 10.2 Å². The van der Waals surface area contributed by atoms with Crippen molar-refractivity contribution in [3.05, 3.63) is 34.0 Å². The molecule has 0 saturated carbocycles. The van der Waals surface area contributed by atoms with Crippen molar-refractivity contribution in [1.29, 1.82) is 0 Å². The van der Waals surface area contributed by atoms with Crippen LogP contribution in [0.1, 0.15) is 30.0 Å². The Morgan fingerprint density at radius 2 is 2.00 bits per heavy atom. The van der Waals surface area contributed by atoms with Crippen LogP contribution in [-0.2, 0) is 22.1 Å². The Labute approximate surface area is 157 Å². The molecular formula is C16H17ClF3N3O4. The van der Waals surface area contributed by atoms with Crippen LogP contribution >= 0.6 is 11.6 Å². The Balaban J connectivity index is 2.26. The lowest BCUT2D eigenvalue weighted by atomic mass is 10.1. The van der Waals surface area contributed by atoms with Crippen LogP contribution in [0.3, 0.4) is 0 Å². The minimum absolute atomic E-state index is 0.0178. The standard InChI is InChI=1S/C16H17ClF3N3O4/c1-3-27-12(24)7-4-9-8(2)14(25)23(15(9)26)22-11-6-5-10(13(17)21-11)16(18,19)20/h5-6,25-26H,3-4,7H2,1-2H3,(H,21,22). The van der Waals surface area contributed by atoms with Gasteiger partial charge in [0.2, 0.25) is 11.8 Å². The number of hydrogen-bond donors (Lipinski definition) is 3. The largest absolute Gasteiger partial charge is 0.493 e. The maximum atomic E-state index is 12.7. The monoisotopic (exact) mass is 407 g/mol. The van der Waals surface area contributed by atoms with Gasteiger partial charge in [-0.05, 0) is 32.4 Å². The summed E-state index contributed by atoms with van der Waals surface area (Å²) in [5.41, 5.74) is 1.94. The molecule has 0 bridgehead atoms. The average molecular weight is 408 g/mol. The van der Waals surface area contributed by atoms with E-state index in [0.29, 0.717) is 5.56 Å². The first-order valence-electron chi connectivity index (χ1n) is 7.84. The van der Waals surface area contributed by atoms with E-state index in [9.17, 15) is 28.2 Å². The van der Waals surface area contributed by atoms with Gasteiger partial charge in [0.25, 0.3) is 0 Å². The molecule has 0 spiro atoms. The number of carbonyl (C=O) groups excluding carboxylic acids is 1. The zero-order chi connectivity index (χ0) is 20.4. The van der Waals surface area contributed by atoms with Crippen LogP contribution < -0.4 is 5.43 Å². The van der Waals surface area contributed by atoms with Crippen molar-refractivity contribution in [3.63, 3.8) is 0 Å². The number of ether oxygens (including phenoxy) is 1. The average Bonchev–Trinajstić information content (AvgIpc) is 2.76. The Morgan fingerprint density at radius 1 is 1.33 bits per heavy atom. The molecule has 7 nitrogen and oxygen atoms in total. The summed E-state index contributed by atoms with van der Waals surface area (Å²) in [7, 11) is 0. The van der Waals surface area contributed by atoms with Gasteiger partial charge in [0.05, 0.1) is 12.2 Å². The molecule has 27 heavy (non-hydrogen) atoms. The lowest BCUT2D eigenvalue weighted by molar-refractivity contribution is -0.143. The van der Waals surface area contributed by atoms with Gasteiger partial charge < -0.3 is 14.9 Å². The third-order valence-corrected chi connectivity index (χ3v) is 4.03. The first kappa shape index (κ1) is 20.7. The van der Waals surface area contributed by atoms with Crippen LogP contribution in [0.15, 0.2) is 12.1 Å². The summed E-state index contributed by atoms with van der Waals surface area (Å²) in [6.07, 6.45) is -4.58. The van der Waals surface area contributed by atoms with Crippen molar-refractivity contribution in [2.24, 2.45) is 0 Å². The molecule has 0 aromatic carbocycles. The highest BCUT2D eigenvalue weighted by atomic mass is 35.5. The van der Waals surface area contributed by atoms with Crippen molar-refractivity contribution in [2.45, 2.75) is 32.9 Å². The SMILES string of the molecule is CCOC(=O)CCc1c(C)c(O)n(Nc2ccc(C(F)(F)F)c(Cl)n2)c1O. The van der Waals surface area contributed by atoms with Crippen molar-refractivity contribution in [3.8, 4) is 11.8 Å². The first-order valence-corrected chi connectivity index (χ1v) is 8.22. The van der Waals surface area contributed by atoms with Gasteiger partial charge in [-0.1, -0.05) is 11.6 Å². The number of aromatic nitrogens is 2. The molecule has 148 valence electrons. The Hall–Kier alpha value is -2.62. The number of alkyl halides is 3. The molecule has 0 aliphatic heterocycles. The summed E-state index contributed by atoms with van der Waals surface area (Å²) in [5, 5.41) is 19.7. The van der Waals surface area contributed by atoms with Gasteiger partial charge in [0.1, 0.15) is 11.0 Å². The summed E-state index contributed by atoms with van der Waals surface area (Å²) in [5.74, 6) is -1.39. The summed E-state index contributed by atoms with van der Waals surface area (Å²) in [6, 6.07) is 1.73. The highest BCUT2D eigenvalue weighted by Gasteiger charge is 2.34. The van der Waals surface area contributed by atoms with Crippen LogP contribution in [0.5, 0.6) is 11.8 Å². The second kappa shape index (κ2) is 7.95. The highest BCUT2D eigenvalue weighted by Crippen LogP contribution is 2.36. The van der Waals surface area contributed by atoms with E-state index in [2.05, 4.69) is 10.4 Å². The van der Waals surface area contributed by atoms with Crippen LogP contribution in [0.4, 0.5) is 19.0 Å². The molecule has 2 aromatic rings. The van der Waals surface area contributed by atoms with E-state index in [1.807, 2.05) is 0 Å². The van der Waals surface area contributed by atoms with Crippen LogP contribution in [0.2, 0.25) is 5.15 Å². The molecule has 0 fully saturated rings. The molecular weight excluding hydrogens is 391 g/mol. The number of esters is 1. The minimum Gasteiger partial charge on any atom is -0.493 e. The Kier molecular flexibility index (Phi) is 6.09. The van der Waals surface area contributed by atoms with E-state index < -0.39 is 28.7 Å². The van der Waals surface area contributed by atoms with Crippen LogP contribution in [0, 0.1) is 6.92 Å². The minimum atomic E-state index is -4.66. The van der Waals surface area contributed by atoms with Gasteiger partial charge in [-0.2, -0.15) is 17.8 Å². The third-order valence-electron chi connectivity index (χ3n) is 3.75. The lowest BCUT2D eigenvalue weighted by Crippen LogP contribution is -2.12. The van der Waals surface area contributed by atoms with E-state index in [0.717, 1.165) is 16.8 Å². The summed E-state index contributed by atoms with van der Waals surface area (Å²) < 4.78 is 43.8. The second-order valence-electron chi connectivity index (χ2n) is 5.54. The molecule has 2 aromatic heterocycles. The zero-order valence-electron chi connectivity index (χ0n) is 14.4. The van der Waals surface area contributed by atoms with E-state index in [1.54, 1.807) is 6.92 Å². The van der Waals surface area contributed by atoms with Gasteiger partial charge in [0, 0.05) is 17.5 Å². The molecule has 2 rings (SSSR count). The van der Waals surface area contributed by atoms with Crippen molar-refractivity contribution >= 4 is 23.4 Å². The molecule has 0 aliphatic carbocycles. The third kappa shape index (κ3) is 4.57. The van der Waals surface area contributed by atoms with E-state index in [1.165, 1.54) is 6.92 Å². The number of hydrogen-bond acceptors (Lipinski definition) is 6. The molecule has 0 aliphatic rings. The highest BCUT2D eigenvalue weighted by molar-refractivity contribution is 6.30. The fraction of sp³-hybridized carbons (Fsp3) is 0.375. The van der Waals surface area contributed by atoms with E-state index in [4.69, 9.17) is 16.3 Å². The molecule has 0 amide bonds. The summed E-state index contributed by atoms with van der Waals surface area (Å²) in [6.45, 7) is 3.40. The normalized spacial score (nSPS) is 11.5. The number of pyridine rings is 1. The second-order valence-corrected chi connectivity index (χ2v) is 5.89. The maximum absolute atomic E-state index is 12.7. The number of rotatable bonds is 6. The predicted octanol–water partition coefficient (Wildman–Crippen LogP) is 3.65. The zero-order valence-corrected chi connectivity index (χ0v) is 15.1. The first-order chi connectivity index (χ1) is 12.6. The van der Waals surface area contributed by atoms with Crippen molar-refractivity contribution < 1.29 is 32.9 Å². The molecule has 0 radical (unpaired) electrons. The topological polar surface area (TPSA) is 96.6 Å². The molecule has 0 saturated heterocycles. The van der Waals surface area contributed by atoms with Crippen molar-refractivity contribution in [1.82, 2.24) is 9.66 Å². The number of aromatic hydroxyl groups is 2. The maximum Gasteiger partial charge on any atom is 0.419 e. The quantitative estimate of drug-likeness (QED) is 0.499. The smallest absolute Gasteiger partial charge is 0.419 e. The van der Waals surface area contributed by atoms with E-state index >= 15 is 0 Å². The number of nitrogens with zero attached hydrogens (tertiary/aromatic N) is 2. The van der Waals surface area contributed by atoms with E-state index in [-0.39, 0.29) is 36.7 Å². The van der Waals surface area contributed by atoms with Crippen LogP contribution in [-0.4, -0.2) is 32.4 Å².